The molecule has 1 rings (SSSR count). The number of halogens is 1. The van der Waals surface area contributed by atoms with Crippen LogP contribution in [0, 0.1) is 6.92 Å². The van der Waals surface area contributed by atoms with Crippen molar-refractivity contribution in [2.45, 2.75) is 46.2 Å². The lowest BCUT2D eigenvalue weighted by atomic mass is 10.1. The van der Waals surface area contributed by atoms with E-state index in [-0.39, 0.29) is 0 Å². The van der Waals surface area contributed by atoms with Crippen molar-refractivity contribution in [2.24, 2.45) is 0 Å². The van der Waals surface area contributed by atoms with Crippen LogP contribution in [0.25, 0.3) is 0 Å². The lowest BCUT2D eigenvalue weighted by molar-refractivity contribution is 0.189. The number of alkyl halides is 1. The Kier molecular flexibility index (Phi) is 6.83. The third-order valence-corrected chi connectivity index (χ3v) is 3.65. The molecule has 0 radical (unpaired) electrons. The topological polar surface area (TPSA) is 3.24 Å². The minimum atomic E-state index is 0.702. The third-order valence-electron chi connectivity index (χ3n) is 3.30. The molecule has 0 fully saturated rings. The molecular formula is C15H24BrN. The second-order valence-electron chi connectivity index (χ2n) is 4.62. The van der Waals surface area contributed by atoms with Gasteiger partial charge in [-0.15, -0.1) is 0 Å². The van der Waals surface area contributed by atoms with Crippen LogP contribution >= 0.6 is 15.9 Å². The maximum Gasteiger partial charge on any atom is 0.0237 e. The van der Waals surface area contributed by atoms with E-state index in [1.54, 1.807) is 0 Å². The van der Waals surface area contributed by atoms with Crippen molar-refractivity contribution in [3.05, 3.63) is 35.4 Å². The summed E-state index contributed by atoms with van der Waals surface area (Å²) in [4.78, 5) is 2.59. The SMILES string of the molecule is CCC(CC)N(CCBr)Cc1cccc(C)c1. The summed E-state index contributed by atoms with van der Waals surface area (Å²) in [6, 6.07) is 9.55. The molecule has 2 heteroatoms. The van der Waals surface area contributed by atoms with Gasteiger partial charge in [0, 0.05) is 24.5 Å². The minimum absolute atomic E-state index is 0.702. The van der Waals surface area contributed by atoms with Gasteiger partial charge in [-0.25, -0.2) is 0 Å². The molecule has 1 nitrogen and oxygen atoms in total. The molecule has 0 saturated carbocycles. The average molecular weight is 298 g/mol. The van der Waals surface area contributed by atoms with Gasteiger partial charge in [0.1, 0.15) is 0 Å². The van der Waals surface area contributed by atoms with Crippen LogP contribution < -0.4 is 0 Å². The molecule has 0 aliphatic rings. The van der Waals surface area contributed by atoms with Crippen LogP contribution in [0.1, 0.15) is 37.8 Å². The Bertz CT molecular complexity index is 320. The van der Waals surface area contributed by atoms with E-state index in [1.807, 2.05) is 0 Å². The van der Waals surface area contributed by atoms with Crippen molar-refractivity contribution in [2.75, 3.05) is 11.9 Å². The van der Waals surface area contributed by atoms with Gasteiger partial charge in [0.05, 0.1) is 0 Å². The van der Waals surface area contributed by atoms with Crippen molar-refractivity contribution in [3.63, 3.8) is 0 Å². The minimum Gasteiger partial charge on any atom is -0.295 e. The van der Waals surface area contributed by atoms with Crippen molar-refractivity contribution in [3.8, 4) is 0 Å². The van der Waals surface area contributed by atoms with Gasteiger partial charge in [-0.2, -0.15) is 0 Å². The van der Waals surface area contributed by atoms with E-state index in [2.05, 4.69) is 65.9 Å². The third kappa shape index (κ3) is 4.81. The number of hydrogen-bond acceptors (Lipinski definition) is 1. The van der Waals surface area contributed by atoms with E-state index in [0.29, 0.717) is 6.04 Å². The van der Waals surface area contributed by atoms with E-state index in [4.69, 9.17) is 0 Å². The fourth-order valence-electron chi connectivity index (χ4n) is 2.35. The summed E-state index contributed by atoms with van der Waals surface area (Å²) in [5.41, 5.74) is 2.78. The monoisotopic (exact) mass is 297 g/mol. The molecule has 0 spiro atoms. The zero-order chi connectivity index (χ0) is 12.7. The predicted molar refractivity (Wildman–Crippen MR) is 79.8 cm³/mol. The second-order valence-corrected chi connectivity index (χ2v) is 5.41. The lowest BCUT2D eigenvalue weighted by Gasteiger charge is -2.30. The maximum absolute atomic E-state index is 3.56. The van der Waals surface area contributed by atoms with Gasteiger partial charge in [0.15, 0.2) is 0 Å². The van der Waals surface area contributed by atoms with Crippen molar-refractivity contribution in [1.82, 2.24) is 4.90 Å². The molecule has 96 valence electrons. The van der Waals surface area contributed by atoms with Gasteiger partial charge in [-0.3, -0.25) is 4.90 Å². The van der Waals surface area contributed by atoms with Gasteiger partial charge in [0.2, 0.25) is 0 Å². The lowest BCUT2D eigenvalue weighted by Crippen LogP contribution is -2.35. The fourth-order valence-corrected chi connectivity index (χ4v) is 2.80. The summed E-state index contributed by atoms with van der Waals surface area (Å²) in [7, 11) is 0. The molecule has 0 amide bonds. The Morgan fingerprint density at radius 3 is 2.47 bits per heavy atom. The van der Waals surface area contributed by atoms with Crippen LogP contribution in [0.2, 0.25) is 0 Å². The molecule has 0 N–H and O–H groups in total. The average Bonchev–Trinajstić information content (AvgIpc) is 2.31. The van der Waals surface area contributed by atoms with Crippen molar-refractivity contribution >= 4 is 15.9 Å². The molecule has 0 bridgehead atoms. The number of benzene rings is 1. The van der Waals surface area contributed by atoms with Gasteiger partial charge in [-0.05, 0) is 25.3 Å². The Balaban J connectivity index is 2.71. The first-order chi connectivity index (χ1) is 8.21. The Morgan fingerprint density at radius 2 is 1.94 bits per heavy atom. The molecule has 17 heavy (non-hydrogen) atoms. The van der Waals surface area contributed by atoms with Gasteiger partial charge < -0.3 is 0 Å². The van der Waals surface area contributed by atoms with Crippen LogP contribution in [-0.4, -0.2) is 22.8 Å². The smallest absolute Gasteiger partial charge is 0.0237 e. The summed E-state index contributed by atoms with van der Waals surface area (Å²) >= 11 is 3.56. The van der Waals surface area contributed by atoms with Crippen LogP contribution in [0.15, 0.2) is 24.3 Å². The number of hydrogen-bond donors (Lipinski definition) is 0. The van der Waals surface area contributed by atoms with Gasteiger partial charge >= 0.3 is 0 Å². The summed E-state index contributed by atoms with van der Waals surface area (Å²) in [5.74, 6) is 0. The molecule has 0 aliphatic heterocycles. The van der Waals surface area contributed by atoms with E-state index in [0.717, 1.165) is 18.4 Å². The fraction of sp³-hybridized carbons (Fsp3) is 0.600. The van der Waals surface area contributed by atoms with E-state index in [9.17, 15) is 0 Å². The van der Waals surface area contributed by atoms with Gasteiger partial charge in [0.25, 0.3) is 0 Å². The van der Waals surface area contributed by atoms with E-state index < -0.39 is 0 Å². The molecule has 0 saturated heterocycles. The maximum atomic E-state index is 3.56. The Labute approximate surface area is 114 Å². The summed E-state index contributed by atoms with van der Waals surface area (Å²) in [6.07, 6.45) is 2.46. The second kappa shape index (κ2) is 7.88. The molecule has 0 aliphatic carbocycles. The van der Waals surface area contributed by atoms with Crippen molar-refractivity contribution in [1.29, 1.82) is 0 Å². The molecule has 0 atom stereocenters. The van der Waals surface area contributed by atoms with Crippen LogP contribution in [0.4, 0.5) is 0 Å². The van der Waals surface area contributed by atoms with Crippen molar-refractivity contribution < 1.29 is 0 Å². The Morgan fingerprint density at radius 1 is 1.24 bits per heavy atom. The summed E-state index contributed by atoms with van der Waals surface area (Å²) in [6.45, 7) is 8.92. The zero-order valence-corrected chi connectivity index (χ0v) is 12.8. The summed E-state index contributed by atoms with van der Waals surface area (Å²) in [5, 5.41) is 1.05. The molecule has 1 aromatic rings. The molecule has 0 unspecified atom stereocenters. The highest BCUT2D eigenvalue weighted by Crippen LogP contribution is 2.14. The highest BCUT2D eigenvalue weighted by molar-refractivity contribution is 9.09. The number of rotatable bonds is 7. The molecular weight excluding hydrogens is 274 g/mol. The first kappa shape index (κ1) is 14.7. The standard InChI is InChI=1S/C15H24BrN/c1-4-15(5-2)17(10-9-16)12-14-8-6-7-13(3)11-14/h6-8,11,15H,4-5,9-10,12H2,1-3H3. The van der Waals surface area contributed by atoms with Gasteiger partial charge in [-0.1, -0.05) is 59.6 Å². The Hall–Kier alpha value is -0.340. The predicted octanol–water partition coefficient (Wildman–Crippen LogP) is 4.38. The number of aryl methyl sites for hydroxylation is 1. The summed E-state index contributed by atoms with van der Waals surface area (Å²) < 4.78 is 0. The van der Waals surface area contributed by atoms with Crippen LogP contribution in [0.3, 0.4) is 0 Å². The quantitative estimate of drug-likeness (QED) is 0.675. The highest BCUT2D eigenvalue weighted by atomic mass is 79.9. The first-order valence-corrected chi connectivity index (χ1v) is 7.69. The first-order valence-electron chi connectivity index (χ1n) is 6.56. The van der Waals surface area contributed by atoms with Crippen LogP contribution in [-0.2, 0) is 6.54 Å². The van der Waals surface area contributed by atoms with Crippen LogP contribution in [0.5, 0.6) is 0 Å². The van der Waals surface area contributed by atoms with E-state index >= 15 is 0 Å². The zero-order valence-electron chi connectivity index (χ0n) is 11.2. The highest BCUT2D eigenvalue weighted by Gasteiger charge is 2.14. The molecule has 1 aromatic carbocycles. The normalized spacial score (nSPS) is 11.4. The van der Waals surface area contributed by atoms with E-state index in [1.165, 1.54) is 24.0 Å². The number of nitrogens with zero attached hydrogens (tertiary/aromatic N) is 1. The molecule has 0 heterocycles. The molecule has 0 aromatic heterocycles. The largest absolute Gasteiger partial charge is 0.295 e.